The number of carbonyl (C=O) groups excluding carboxylic acids is 2. The fourth-order valence-electron chi connectivity index (χ4n) is 3.36. The maximum Gasteiger partial charge on any atom is 0.241 e. The number of phenols is 1. The van der Waals surface area contributed by atoms with Gasteiger partial charge in [0.15, 0.2) is 0 Å². The first-order valence-electron chi connectivity index (χ1n) is 9.44. The van der Waals surface area contributed by atoms with Crippen LogP contribution in [0.5, 0.6) is 5.75 Å². The van der Waals surface area contributed by atoms with Crippen LogP contribution in [0.25, 0.3) is 0 Å². The second kappa shape index (κ2) is 9.00. The molecule has 1 fully saturated rings. The monoisotopic (exact) mass is 403 g/mol. The standard InChI is InChI=1S/C21H23F2N3O3/c1-13(20(28)25-18-12-15(22)6-7-16(18)23)26-10-8-14(9-11-26)21(29)24-17-4-2-3-5-19(17)27/h2-7,12-14,27H,8-11H2,1H3,(H,24,29)(H,25,28)/t13-/m1/s1. The minimum Gasteiger partial charge on any atom is -0.506 e. The van der Waals surface area contributed by atoms with Gasteiger partial charge in [0, 0.05) is 12.0 Å². The van der Waals surface area contributed by atoms with Crippen molar-refractivity contribution in [3.05, 3.63) is 54.1 Å². The van der Waals surface area contributed by atoms with E-state index in [1.807, 2.05) is 4.90 Å². The first kappa shape index (κ1) is 20.7. The molecule has 2 aromatic rings. The third-order valence-electron chi connectivity index (χ3n) is 5.18. The molecule has 2 aromatic carbocycles. The van der Waals surface area contributed by atoms with Gasteiger partial charge in [0.1, 0.15) is 17.4 Å². The van der Waals surface area contributed by atoms with Crippen molar-refractivity contribution in [1.82, 2.24) is 4.90 Å². The SMILES string of the molecule is C[C@H](C(=O)Nc1cc(F)ccc1F)N1CCC(C(=O)Nc2ccccc2O)CC1. The highest BCUT2D eigenvalue weighted by Gasteiger charge is 2.30. The lowest BCUT2D eigenvalue weighted by atomic mass is 9.94. The minimum absolute atomic E-state index is 0.00756. The maximum atomic E-state index is 13.7. The predicted octanol–water partition coefficient (Wildman–Crippen LogP) is 3.35. The third kappa shape index (κ3) is 5.08. The molecule has 0 unspecified atom stereocenters. The number of halogens is 2. The van der Waals surface area contributed by atoms with Crippen LogP contribution in [0.15, 0.2) is 42.5 Å². The zero-order valence-corrected chi connectivity index (χ0v) is 16.0. The summed E-state index contributed by atoms with van der Waals surface area (Å²) in [4.78, 5) is 26.8. The van der Waals surface area contributed by atoms with E-state index in [0.717, 1.165) is 18.2 Å². The smallest absolute Gasteiger partial charge is 0.241 e. The lowest BCUT2D eigenvalue weighted by Crippen LogP contribution is -2.47. The van der Waals surface area contributed by atoms with Gasteiger partial charge in [-0.1, -0.05) is 12.1 Å². The number of nitrogens with one attached hydrogen (secondary N) is 2. The van der Waals surface area contributed by atoms with E-state index < -0.39 is 23.6 Å². The Morgan fingerprint density at radius 3 is 2.45 bits per heavy atom. The second-order valence-corrected chi connectivity index (χ2v) is 7.11. The van der Waals surface area contributed by atoms with Gasteiger partial charge in [-0.3, -0.25) is 14.5 Å². The number of piperidine rings is 1. The van der Waals surface area contributed by atoms with E-state index in [-0.39, 0.29) is 23.3 Å². The Morgan fingerprint density at radius 2 is 1.76 bits per heavy atom. The molecule has 0 spiro atoms. The van der Waals surface area contributed by atoms with Crippen molar-refractivity contribution in [3.63, 3.8) is 0 Å². The molecule has 1 heterocycles. The van der Waals surface area contributed by atoms with Crippen LogP contribution in [0.4, 0.5) is 20.2 Å². The summed E-state index contributed by atoms with van der Waals surface area (Å²) >= 11 is 0. The predicted molar refractivity (Wildman–Crippen MR) is 105 cm³/mol. The van der Waals surface area contributed by atoms with Crippen LogP contribution in [0.3, 0.4) is 0 Å². The number of amides is 2. The van der Waals surface area contributed by atoms with Gasteiger partial charge in [-0.2, -0.15) is 0 Å². The molecule has 1 aliphatic rings. The molecule has 0 radical (unpaired) electrons. The Kier molecular flexibility index (Phi) is 6.43. The number of anilines is 2. The molecule has 6 nitrogen and oxygen atoms in total. The van der Waals surface area contributed by atoms with E-state index in [9.17, 15) is 23.5 Å². The molecular weight excluding hydrogens is 380 g/mol. The molecule has 8 heteroatoms. The highest BCUT2D eigenvalue weighted by atomic mass is 19.1. The van der Waals surface area contributed by atoms with E-state index in [4.69, 9.17) is 0 Å². The summed E-state index contributed by atoms with van der Waals surface area (Å²) in [5.74, 6) is -2.18. The van der Waals surface area contributed by atoms with E-state index >= 15 is 0 Å². The number of para-hydroxylation sites is 2. The molecule has 0 bridgehead atoms. The summed E-state index contributed by atoms with van der Waals surface area (Å²) in [6, 6.07) is 8.85. The van der Waals surface area contributed by atoms with Crippen LogP contribution >= 0.6 is 0 Å². The number of hydrogen-bond donors (Lipinski definition) is 3. The van der Waals surface area contributed by atoms with E-state index in [0.29, 0.717) is 31.6 Å². The summed E-state index contributed by atoms with van der Waals surface area (Å²) in [5, 5.41) is 14.9. The summed E-state index contributed by atoms with van der Waals surface area (Å²) in [7, 11) is 0. The Bertz CT molecular complexity index is 898. The second-order valence-electron chi connectivity index (χ2n) is 7.11. The van der Waals surface area contributed by atoms with E-state index in [2.05, 4.69) is 10.6 Å². The van der Waals surface area contributed by atoms with E-state index in [1.54, 1.807) is 25.1 Å². The number of aromatic hydroxyl groups is 1. The van der Waals surface area contributed by atoms with Crippen molar-refractivity contribution in [2.75, 3.05) is 23.7 Å². The van der Waals surface area contributed by atoms with Crippen LogP contribution in [-0.4, -0.2) is 41.0 Å². The number of rotatable bonds is 5. The highest BCUT2D eigenvalue weighted by Crippen LogP contribution is 2.25. The minimum atomic E-state index is -0.702. The molecule has 0 aliphatic carbocycles. The zero-order chi connectivity index (χ0) is 21.0. The molecule has 3 N–H and O–H groups in total. The van der Waals surface area contributed by atoms with Crippen molar-refractivity contribution in [2.45, 2.75) is 25.8 Å². The largest absolute Gasteiger partial charge is 0.506 e. The van der Waals surface area contributed by atoms with Crippen LogP contribution in [0.1, 0.15) is 19.8 Å². The highest BCUT2D eigenvalue weighted by molar-refractivity contribution is 5.95. The molecule has 1 atom stereocenters. The van der Waals surface area contributed by atoms with Crippen molar-refractivity contribution >= 4 is 23.2 Å². The van der Waals surface area contributed by atoms with Gasteiger partial charge in [-0.15, -0.1) is 0 Å². The average molecular weight is 403 g/mol. The average Bonchev–Trinajstić information content (AvgIpc) is 2.72. The summed E-state index contributed by atoms with van der Waals surface area (Å²) < 4.78 is 27.0. The summed E-state index contributed by atoms with van der Waals surface area (Å²) in [6.45, 7) is 2.72. The molecule has 154 valence electrons. The molecule has 0 aromatic heterocycles. The molecule has 3 rings (SSSR count). The normalized spacial score (nSPS) is 16.2. The summed E-state index contributed by atoms with van der Waals surface area (Å²) in [6.07, 6.45) is 1.09. The Hall–Kier alpha value is -3.00. The van der Waals surface area contributed by atoms with Gasteiger partial charge < -0.3 is 15.7 Å². The Balaban J connectivity index is 1.53. The van der Waals surface area contributed by atoms with Crippen molar-refractivity contribution in [1.29, 1.82) is 0 Å². The molecule has 0 saturated carbocycles. The van der Waals surface area contributed by atoms with Crippen LogP contribution in [0.2, 0.25) is 0 Å². The number of nitrogens with zero attached hydrogens (tertiary/aromatic N) is 1. The number of phenolic OH excluding ortho intramolecular Hbond substituents is 1. The topological polar surface area (TPSA) is 81.7 Å². The molecule has 2 amide bonds. The first-order valence-corrected chi connectivity index (χ1v) is 9.44. The fourth-order valence-corrected chi connectivity index (χ4v) is 3.36. The van der Waals surface area contributed by atoms with Crippen molar-refractivity contribution in [2.24, 2.45) is 5.92 Å². The molecule has 1 saturated heterocycles. The molecule has 29 heavy (non-hydrogen) atoms. The summed E-state index contributed by atoms with van der Waals surface area (Å²) in [5.41, 5.74) is 0.170. The number of likely N-dealkylation sites (tertiary alicyclic amines) is 1. The van der Waals surface area contributed by atoms with Gasteiger partial charge >= 0.3 is 0 Å². The number of carbonyl (C=O) groups is 2. The van der Waals surface area contributed by atoms with Crippen molar-refractivity contribution in [3.8, 4) is 5.75 Å². The first-order chi connectivity index (χ1) is 13.8. The van der Waals surface area contributed by atoms with Crippen LogP contribution in [0, 0.1) is 17.6 Å². The lowest BCUT2D eigenvalue weighted by Gasteiger charge is -2.34. The molecular formula is C21H23F2N3O3. The van der Waals surface area contributed by atoms with Crippen LogP contribution < -0.4 is 10.6 Å². The van der Waals surface area contributed by atoms with Gasteiger partial charge in [0.2, 0.25) is 11.8 Å². The van der Waals surface area contributed by atoms with E-state index in [1.165, 1.54) is 6.07 Å². The Morgan fingerprint density at radius 1 is 1.07 bits per heavy atom. The molecule has 1 aliphatic heterocycles. The Labute approximate surface area is 167 Å². The van der Waals surface area contributed by atoms with Gasteiger partial charge in [-0.25, -0.2) is 8.78 Å². The maximum absolute atomic E-state index is 13.7. The van der Waals surface area contributed by atoms with Gasteiger partial charge in [0.25, 0.3) is 0 Å². The van der Waals surface area contributed by atoms with Crippen molar-refractivity contribution < 1.29 is 23.5 Å². The van der Waals surface area contributed by atoms with Gasteiger partial charge in [0.05, 0.1) is 17.4 Å². The fraction of sp³-hybridized carbons (Fsp3) is 0.333. The lowest BCUT2D eigenvalue weighted by molar-refractivity contribution is -0.123. The quantitative estimate of drug-likeness (QED) is 0.669. The van der Waals surface area contributed by atoms with Crippen LogP contribution in [-0.2, 0) is 9.59 Å². The zero-order valence-electron chi connectivity index (χ0n) is 16.0. The number of benzene rings is 2. The number of hydrogen-bond acceptors (Lipinski definition) is 4. The third-order valence-corrected chi connectivity index (χ3v) is 5.18. The van der Waals surface area contributed by atoms with Gasteiger partial charge in [-0.05, 0) is 57.1 Å².